The minimum Gasteiger partial charge on any atom is -0.310 e. The normalized spacial score (nSPS) is 12.3. The van der Waals surface area contributed by atoms with E-state index in [0.717, 1.165) is 13.0 Å². The third kappa shape index (κ3) is 4.80. The van der Waals surface area contributed by atoms with E-state index in [-0.39, 0.29) is 0 Å². The maximum Gasteiger partial charge on any atom is 0.0291 e. The zero-order chi connectivity index (χ0) is 10.9. The summed E-state index contributed by atoms with van der Waals surface area (Å²) in [5.74, 6) is 0. The molecule has 1 aromatic rings. The zero-order valence-electron chi connectivity index (χ0n) is 9.58. The Morgan fingerprint density at radius 2 is 2.00 bits per heavy atom. The molecular formula is C14H21N. The molecule has 1 aromatic carbocycles. The number of allylic oxidation sites excluding steroid dienone is 1. The molecule has 1 nitrogen and oxygen atoms in total. The minimum absolute atomic E-state index is 0.454. The molecule has 0 aliphatic heterocycles. The molecule has 0 radical (unpaired) electrons. The first-order chi connectivity index (χ1) is 7.34. The average Bonchev–Trinajstić information content (AvgIpc) is 2.30. The highest BCUT2D eigenvalue weighted by Gasteiger charge is 2.01. The van der Waals surface area contributed by atoms with Gasteiger partial charge in [-0.25, -0.2) is 0 Å². The van der Waals surface area contributed by atoms with Crippen molar-refractivity contribution in [1.82, 2.24) is 5.32 Å². The van der Waals surface area contributed by atoms with Crippen LogP contribution in [0.1, 0.15) is 37.8 Å². The Hall–Kier alpha value is -1.08. The molecule has 0 aliphatic rings. The Morgan fingerprint density at radius 3 is 2.67 bits per heavy atom. The van der Waals surface area contributed by atoms with Crippen molar-refractivity contribution in [2.45, 2.75) is 32.2 Å². The van der Waals surface area contributed by atoms with Crippen LogP contribution in [0.15, 0.2) is 43.0 Å². The van der Waals surface area contributed by atoms with Crippen LogP contribution < -0.4 is 5.32 Å². The number of rotatable bonds is 7. The van der Waals surface area contributed by atoms with Crippen molar-refractivity contribution in [2.75, 3.05) is 6.54 Å². The first kappa shape index (κ1) is 12.0. The average molecular weight is 203 g/mol. The van der Waals surface area contributed by atoms with E-state index >= 15 is 0 Å². The van der Waals surface area contributed by atoms with Crippen LogP contribution in [-0.4, -0.2) is 6.54 Å². The number of unbranched alkanes of at least 4 members (excludes halogenated alkanes) is 2. The van der Waals surface area contributed by atoms with Gasteiger partial charge in [0, 0.05) is 6.04 Å². The van der Waals surface area contributed by atoms with E-state index in [2.05, 4.69) is 49.2 Å². The van der Waals surface area contributed by atoms with E-state index in [9.17, 15) is 0 Å². The van der Waals surface area contributed by atoms with Crippen LogP contribution in [0.2, 0.25) is 0 Å². The van der Waals surface area contributed by atoms with Crippen LogP contribution in [0.3, 0.4) is 0 Å². The highest BCUT2D eigenvalue weighted by Crippen LogP contribution is 2.10. The molecule has 0 fully saturated rings. The molecule has 0 saturated heterocycles. The summed E-state index contributed by atoms with van der Waals surface area (Å²) >= 11 is 0. The molecule has 0 unspecified atom stereocenters. The van der Waals surface area contributed by atoms with Gasteiger partial charge in [-0.1, -0.05) is 36.4 Å². The monoisotopic (exact) mass is 203 g/mol. The lowest BCUT2D eigenvalue weighted by molar-refractivity contribution is 0.548. The summed E-state index contributed by atoms with van der Waals surface area (Å²) < 4.78 is 0. The van der Waals surface area contributed by atoms with Gasteiger partial charge in [0.25, 0.3) is 0 Å². The molecule has 0 heterocycles. The maximum atomic E-state index is 3.72. The molecule has 0 spiro atoms. The van der Waals surface area contributed by atoms with Crippen LogP contribution in [0, 0.1) is 0 Å². The second-order valence-electron chi connectivity index (χ2n) is 3.87. The van der Waals surface area contributed by atoms with E-state index in [1.54, 1.807) is 0 Å². The van der Waals surface area contributed by atoms with Gasteiger partial charge in [0.1, 0.15) is 0 Å². The smallest absolute Gasteiger partial charge is 0.0291 e. The number of nitrogens with one attached hydrogen (secondary N) is 1. The van der Waals surface area contributed by atoms with Gasteiger partial charge in [-0.2, -0.15) is 0 Å². The molecule has 1 heteroatoms. The van der Waals surface area contributed by atoms with Crippen molar-refractivity contribution in [3.63, 3.8) is 0 Å². The Balaban J connectivity index is 2.19. The van der Waals surface area contributed by atoms with Crippen LogP contribution >= 0.6 is 0 Å². The van der Waals surface area contributed by atoms with E-state index in [0.29, 0.717) is 6.04 Å². The van der Waals surface area contributed by atoms with Crippen LogP contribution in [0.25, 0.3) is 0 Å². The molecule has 1 rings (SSSR count). The van der Waals surface area contributed by atoms with Gasteiger partial charge >= 0.3 is 0 Å². The molecule has 1 N–H and O–H groups in total. The lowest BCUT2D eigenvalue weighted by Gasteiger charge is -2.13. The summed E-state index contributed by atoms with van der Waals surface area (Å²) in [4.78, 5) is 0. The predicted octanol–water partition coefficient (Wildman–Crippen LogP) is 3.69. The largest absolute Gasteiger partial charge is 0.310 e. The number of benzene rings is 1. The van der Waals surface area contributed by atoms with Crippen molar-refractivity contribution in [3.05, 3.63) is 48.6 Å². The van der Waals surface area contributed by atoms with E-state index in [4.69, 9.17) is 0 Å². The third-order valence-electron chi connectivity index (χ3n) is 2.59. The van der Waals surface area contributed by atoms with Crippen molar-refractivity contribution >= 4 is 0 Å². The minimum atomic E-state index is 0.454. The van der Waals surface area contributed by atoms with Crippen molar-refractivity contribution in [2.24, 2.45) is 0 Å². The maximum absolute atomic E-state index is 3.72. The van der Waals surface area contributed by atoms with Gasteiger partial charge in [-0.3, -0.25) is 0 Å². The molecule has 0 aliphatic carbocycles. The first-order valence-electron chi connectivity index (χ1n) is 5.74. The SMILES string of the molecule is C=CCCCCN[C@H](C)c1ccccc1. The fraction of sp³-hybridized carbons (Fsp3) is 0.429. The van der Waals surface area contributed by atoms with Crippen molar-refractivity contribution < 1.29 is 0 Å². The molecule has 0 saturated carbocycles. The van der Waals surface area contributed by atoms with Gasteiger partial charge in [0.05, 0.1) is 0 Å². The van der Waals surface area contributed by atoms with Gasteiger partial charge < -0.3 is 5.32 Å². The lowest BCUT2D eigenvalue weighted by Crippen LogP contribution is -2.19. The lowest BCUT2D eigenvalue weighted by atomic mass is 10.1. The van der Waals surface area contributed by atoms with Crippen LogP contribution in [0.4, 0.5) is 0 Å². The Morgan fingerprint density at radius 1 is 1.27 bits per heavy atom. The summed E-state index contributed by atoms with van der Waals surface area (Å²) in [6.07, 6.45) is 5.57. The summed E-state index contributed by atoms with van der Waals surface area (Å²) in [5.41, 5.74) is 1.36. The molecule has 15 heavy (non-hydrogen) atoms. The van der Waals surface area contributed by atoms with Crippen molar-refractivity contribution in [3.8, 4) is 0 Å². The second kappa shape index (κ2) is 7.24. The summed E-state index contributed by atoms with van der Waals surface area (Å²) in [5, 5.41) is 3.52. The Labute approximate surface area is 93.2 Å². The van der Waals surface area contributed by atoms with E-state index in [1.165, 1.54) is 18.4 Å². The number of hydrogen-bond donors (Lipinski definition) is 1. The van der Waals surface area contributed by atoms with E-state index < -0.39 is 0 Å². The molecule has 0 amide bonds. The van der Waals surface area contributed by atoms with Crippen LogP contribution in [0.5, 0.6) is 0 Å². The summed E-state index contributed by atoms with van der Waals surface area (Å²) in [6.45, 7) is 7.02. The third-order valence-corrected chi connectivity index (χ3v) is 2.59. The summed E-state index contributed by atoms with van der Waals surface area (Å²) in [6, 6.07) is 11.0. The van der Waals surface area contributed by atoms with Gasteiger partial charge in [0.2, 0.25) is 0 Å². The highest BCUT2D eigenvalue weighted by atomic mass is 14.9. The van der Waals surface area contributed by atoms with Gasteiger partial charge in [-0.15, -0.1) is 6.58 Å². The Kier molecular flexibility index (Phi) is 5.79. The molecule has 82 valence electrons. The fourth-order valence-electron chi connectivity index (χ4n) is 1.59. The molecule has 0 bridgehead atoms. The van der Waals surface area contributed by atoms with Gasteiger partial charge in [-0.05, 0) is 38.3 Å². The standard InChI is InChI=1S/C14H21N/c1-3-4-5-9-12-15-13(2)14-10-7-6-8-11-14/h3,6-8,10-11,13,15H,1,4-5,9,12H2,2H3/t13-/m1/s1. The van der Waals surface area contributed by atoms with Crippen LogP contribution in [-0.2, 0) is 0 Å². The molecule has 0 aromatic heterocycles. The zero-order valence-corrected chi connectivity index (χ0v) is 9.58. The quantitative estimate of drug-likeness (QED) is 0.526. The fourth-order valence-corrected chi connectivity index (χ4v) is 1.59. The predicted molar refractivity (Wildman–Crippen MR) is 66.9 cm³/mol. The molecule has 1 atom stereocenters. The van der Waals surface area contributed by atoms with E-state index in [1.807, 2.05) is 6.08 Å². The highest BCUT2D eigenvalue weighted by molar-refractivity contribution is 5.17. The summed E-state index contributed by atoms with van der Waals surface area (Å²) in [7, 11) is 0. The van der Waals surface area contributed by atoms with Gasteiger partial charge in [0.15, 0.2) is 0 Å². The second-order valence-corrected chi connectivity index (χ2v) is 3.87. The molecular weight excluding hydrogens is 182 g/mol. The topological polar surface area (TPSA) is 12.0 Å². The Bertz CT molecular complexity index is 266. The van der Waals surface area contributed by atoms with Crippen molar-refractivity contribution in [1.29, 1.82) is 0 Å². The first-order valence-corrected chi connectivity index (χ1v) is 5.74. The number of hydrogen-bond acceptors (Lipinski definition) is 1.